The van der Waals surface area contributed by atoms with Crippen LogP contribution >= 0.6 is 0 Å². The van der Waals surface area contributed by atoms with Crippen molar-refractivity contribution in [3.05, 3.63) is 76.9 Å². The number of carbonyl (C=O) groups excluding carboxylic acids is 5. The fraction of sp³-hybridized carbons (Fsp3) is 0.425. The number of nitrogens with zero attached hydrogens (tertiary/aromatic N) is 1. The van der Waals surface area contributed by atoms with Gasteiger partial charge in [-0.3, -0.25) is 19.2 Å². The summed E-state index contributed by atoms with van der Waals surface area (Å²) in [6.45, 7) is 4.66. The first-order chi connectivity index (χ1) is 26.0. The number of esters is 1. The molecular formula is C40H51N5O9. The summed E-state index contributed by atoms with van der Waals surface area (Å²) >= 11 is 0. The molecule has 2 aliphatic rings. The average molecular weight is 746 g/mol. The zero-order chi connectivity index (χ0) is 39.2. The number of nitrogens with one attached hydrogen (secondary N) is 4. The summed E-state index contributed by atoms with van der Waals surface area (Å²) in [6.07, 6.45) is 3.38. The molecule has 0 aromatic heterocycles. The third-order valence-electron chi connectivity index (χ3n) is 9.06. The predicted molar refractivity (Wildman–Crippen MR) is 205 cm³/mol. The smallest absolute Gasteiger partial charge is 0.305 e. The van der Waals surface area contributed by atoms with Crippen LogP contribution in [0.15, 0.2) is 54.6 Å². The number of hydrogen-bond donors (Lipinski definition) is 4. The third kappa shape index (κ3) is 11.0. The zero-order valence-electron chi connectivity index (χ0n) is 31.8. The average Bonchev–Trinajstić information content (AvgIpc) is 3.49. The first-order valence-corrected chi connectivity index (χ1v) is 17.9. The van der Waals surface area contributed by atoms with Crippen LogP contribution in [-0.4, -0.2) is 83.0 Å². The second-order valence-electron chi connectivity index (χ2n) is 13.1. The third-order valence-corrected chi connectivity index (χ3v) is 9.06. The molecule has 0 bridgehead atoms. The van der Waals surface area contributed by atoms with Gasteiger partial charge >= 0.3 is 5.97 Å². The lowest BCUT2D eigenvalue weighted by atomic mass is 10.1. The Balaban J connectivity index is 0.000000368. The lowest BCUT2D eigenvalue weighted by Crippen LogP contribution is -2.39. The van der Waals surface area contributed by atoms with Crippen LogP contribution in [0, 0.1) is 0 Å². The van der Waals surface area contributed by atoms with Crippen LogP contribution in [0.2, 0.25) is 0 Å². The first kappa shape index (κ1) is 41.3. The van der Waals surface area contributed by atoms with E-state index in [1.165, 1.54) is 12.7 Å². The number of para-hydroxylation sites is 1. The van der Waals surface area contributed by atoms with Crippen LogP contribution in [0.1, 0.15) is 66.6 Å². The number of anilines is 3. The Kier molecular flexibility index (Phi) is 15.4. The maximum Gasteiger partial charge on any atom is 0.305 e. The number of amides is 3. The van der Waals surface area contributed by atoms with Crippen molar-refractivity contribution in [1.82, 2.24) is 10.6 Å². The highest BCUT2D eigenvalue weighted by Gasteiger charge is 2.37. The van der Waals surface area contributed by atoms with Crippen LogP contribution < -0.4 is 35.6 Å². The number of methoxy groups -OCH3 is 3. The summed E-state index contributed by atoms with van der Waals surface area (Å²) in [5.41, 5.74) is 5.83. The van der Waals surface area contributed by atoms with Gasteiger partial charge in [0.1, 0.15) is 12.9 Å². The molecule has 0 radical (unpaired) electrons. The number of fused-ring (bicyclic) bond motifs is 4. The van der Waals surface area contributed by atoms with Crippen LogP contribution in [0.3, 0.4) is 0 Å². The normalized spacial score (nSPS) is 15.0. The SMILES string of the molecule is CNC(C)C(=O)Nc1cc(COC)cc(COc2cc3c(cc2OC)C(=O)N2c4ccccc4CC2CN3)c1.COC(=O)CCCCC(=O)N[C@@H](C)C=O. The summed E-state index contributed by atoms with van der Waals surface area (Å²) in [5, 5.41) is 11.8. The molecule has 14 nitrogen and oxygen atoms in total. The Bertz CT molecular complexity index is 1800. The fourth-order valence-corrected chi connectivity index (χ4v) is 6.14. The van der Waals surface area contributed by atoms with E-state index in [9.17, 15) is 24.0 Å². The Hall–Kier alpha value is -5.47. The molecule has 2 aliphatic heterocycles. The van der Waals surface area contributed by atoms with Gasteiger partial charge in [-0.2, -0.15) is 0 Å². The number of benzene rings is 3. The number of rotatable bonds is 16. The van der Waals surface area contributed by atoms with Crippen molar-refractivity contribution in [3.8, 4) is 11.5 Å². The molecule has 3 atom stereocenters. The Labute approximate surface area is 316 Å². The fourth-order valence-electron chi connectivity index (χ4n) is 6.14. The van der Waals surface area contributed by atoms with Crippen molar-refractivity contribution in [2.45, 2.75) is 77.3 Å². The van der Waals surface area contributed by atoms with Crippen LogP contribution in [-0.2, 0) is 48.3 Å². The van der Waals surface area contributed by atoms with Gasteiger partial charge in [0.15, 0.2) is 11.5 Å². The van der Waals surface area contributed by atoms with E-state index in [-0.39, 0.29) is 42.4 Å². The van der Waals surface area contributed by atoms with Crippen molar-refractivity contribution in [3.63, 3.8) is 0 Å². The monoisotopic (exact) mass is 745 g/mol. The van der Waals surface area contributed by atoms with Crippen molar-refractivity contribution in [1.29, 1.82) is 0 Å². The predicted octanol–water partition coefficient (Wildman–Crippen LogP) is 4.39. The minimum atomic E-state index is -0.446. The number of aldehydes is 1. The molecule has 54 heavy (non-hydrogen) atoms. The van der Waals surface area contributed by atoms with Gasteiger partial charge in [-0.15, -0.1) is 0 Å². The van der Waals surface area contributed by atoms with E-state index in [0.29, 0.717) is 73.6 Å². The standard InChI is InChI=1S/C30H34N4O5.C10H17NO4/c1-18(31-2)29(35)33-22-10-19(16-37-3)9-20(11-22)17-39-28-14-25-24(13-27(28)38-4)30(36)34-23(15-32-25)12-21-7-5-6-8-26(21)34;1-8(7-12)11-9(13)5-3-4-6-10(14)15-2/h5-11,13-14,18,23,31-32H,12,15-17H2,1-4H3,(H,33,35);7-8H,3-6H2,1-2H3,(H,11,13)/t;8-/m.0/s1. The Morgan fingerprint density at radius 1 is 0.963 bits per heavy atom. The summed E-state index contributed by atoms with van der Waals surface area (Å²) in [4.78, 5) is 60.1. The van der Waals surface area contributed by atoms with E-state index in [1.54, 1.807) is 41.2 Å². The number of carbonyl (C=O) groups is 5. The molecule has 5 rings (SSSR count). The quantitative estimate of drug-likeness (QED) is 0.0931. The molecular weight excluding hydrogens is 694 g/mol. The number of ether oxygens (including phenoxy) is 4. The second-order valence-corrected chi connectivity index (χ2v) is 13.1. The van der Waals surface area contributed by atoms with Gasteiger partial charge < -0.3 is 49.9 Å². The van der Waals surface area contributed by atoms with Crippen molar-refractivity contribution in [2.75, 3.05) is 50.5 Å². The molecule has 0 saturated carbocycles. The minimum Gasteiger partial charge on any atom is -0.493 e. The molecule has 14 heteroatoms. The van der Waals surface area contributed by atoms with E-state index < -0.39 is 6.04 Å². The van der Waals surface area contributed by atoms with Crippen molar-refractivity contribution >= 4 is 47.0 Å². The molecule has 2 heterocycles. The number of likely N-dealkylation sites (N-methyl/N-ethyl adjacent to an activating group) is 1. The molecule has 2 unspecified atom stereocenters. The van der Waals surface area contributed by atoms with E-state index >= 15 is 0 Å². The Morgan fingerprint density at radius 2 is 1.69 bits per heavy atom. The van der Waals surface area contributed by atoms with Crippen molar-refractivity contribution < 1.29 is 42.9 Å². The summed E-state index contributed by atoms with van der Waals surface area (Å²) < 4.78 is 21.6. The number of unbranched alkanes of at least 4 members (excludes halogenated alkanes) is 1. The van der Waals surface area contributed by atoms with E-state index in [0.717, 1.165) is 23.2 Å². The van der Waals surface area contributed by atoms with Gasteiger partial charge in [0.25, 0.3) is 5.91 Å². The van der Waals surface area contributed by atoms with Crippen LogP contribution in [0.25, 0.3) is 0 Å². The molecule has 0 saturated heterocycles. The van der Waals surface area contributed by atoms with Gasteiger partial charge in [0.2, 0.25) is 11.8 Å². The zero-order valence-corrected chi connectivity index (χ0v) is 31.8. The van der Waals surface area contributed by atoms with Gasteiger partial charge in [0, 0.05) is 43.9 Å². The molecule has 3 amide bonds. The van der Waals surface area contributed by atoms with Gasteiger partial charge in [-0.1, -0.05) is 18.2 Å². The minimum absolute atomic E-state index is 0.0421. The van der Waals surface area contributed by atoms with Crippen LogP contribution in [0.5, 0.6) is 11.5 Å². The molecule has 0 aliphatic carbocycles. The summed E-state index contributed by atoms with van der Waals surface area (Å²) in [5.74, 6) is 0.365. The van der Waals surface area contributed by atoms with E-state index in [2.05, 4.69) is 32.1 Å². The lowest BCUT2D eigenvalue weighted by Gasteiger charge is -2.22. The molecule has 3 aromatic carbocycles. The summed E-state index contributed by atoms with van der Waals surface area (Å²) in [7, 11) is 6.26. The maximum absolute atomic E-state index is 13.7. The topological polar surface area (TPSA) is 174 Å². The van der Waals surface area contributed by atoms with Gasteiger partial charge in [-0.25, -0.2) is 0 Å². The molecule has 3 aromatic rings. The largest absolute Gasteiger partial charge is 0.493 e. The highest BCUT2D eigenvalue weighted by atomic mass is 16.5. The van der Waals surface area contributed by atoms with Gasteiger partial charge in [0.05, 0.1) is 50.2 Å². The van der Waals surface area contributed by atoms with Crippen LogP contribution in [0.4, 0.5) is 17.1 Å². The first-order valence-electron chi connectivity index (χ1n) is 17.9. The van der Waals surface area contributed by atoms with Crippen molar-refractivity contribution in [2.24, 2.45) is 0 Å². The van der Waals surface area contributed by atoms with E-state index in [4.69, 9.17) is 14.2 Å². The second kappa shape index (κ2) is 20.1. The molecule has 290 valence electrons. The lowest BCUT2D eigenvalue weighted by molar-refractivity contribution is -0.140. The van der Waals surface area contributed by atoms with E-state index in [1.807, 2.05) is 47.4 Å². The Morgan fingerprint density at radius 3 is 2.37 bits per heavy atom. The highest BCUT2D eigenvalue weighted by Crippen LogP contribution is 2.40. The molecule has 0 spiro atoms. The summed E-state index contributed by atoms with van der Waals surface area (Å²) in [6, 6.07) is 16.6. The molecule has 4 N–H and O–H groups in total. The maximum atomic E-state index is 13.7. The number of hydrogen-bond acceptors (Lipinski definition) is 11. The molecule has 0 fully saturated rings. The highest BCUT2D eigenvalue weighted by molar-refractivity contribution is 6.12. The van der Waals surface area contributed by atoms with Gasteiger partial charge in [-0.05, 0) is 87.2 Å².